The number of hydrogen-bond donors (Lipinski definition) is 1. The molecule has 5 rings (SSSR count). The number of benzene rings is 1. The molecule has 3 aromatic heterocycles. The molecule has 4 heterocycles. The van der Waals surface area contributed by atoms with E-state index >= 15 is 0 Å². The van der Waals surface area contributed by atoms with Crippen molar-refractivity contribution >= 4 is 16.8 Å². The molecule has 1 N–H and O–H groups in total. The molecular formula is C24H27N7O2. The molecule has 0 radical (unpaired) electrons. The summed E-state index contributed by atoms with van der Waals surface area (Å²) in [6.45, 7) is 7.92. The summed E-state index contributed by atoms with van der Waals surface area (Å²) >= 11 is 0. The molecule has 1 aliphatic heterocycles. The Morgan fingerprint density at radius 1 is 0.970 bits per heavy atom. The maximum atomic E-state index is 12.9. The van der Waals surface area contributed by atoms with Gasteiger partial charge in [-0.3, -0.25) is 14.5 Å². The third kappa shape index (κ3) is 4.31. The molecule has 0 atom stereocenters. The van der Waals surface area contributed by atoms with Gasteiger partial charge in [-0.15, -0.1) is 5.10 Å². The number of aromatic nitrogens is 5. The van der Waals surface area contributed by atoms with Gasteiger partial charge in [-0.25, -0.2) is 9.36 Å². The fourth-order valence-corrected chi connectivity index (χ4v) is 4.34. The number of aromatic amines is 1. The number of fused-ring (bicyclic) bond motifs is 1. The summed E-state index contributed by atoms with van der Waals surface area (Å²) in [4.78, 5) is 32.6. The van der Waals surface area contributed by atoms with Crippen molar-refractivity contribution in [1.29, 1.82) is 0 Å². The second kappa shape index (κ2) is 8.67. The van der Waals surface area contributed by atoms with E-state index < -0.39 is 0 Å². The number of amides is 1. The largest absolute Gasteiger partial charge is 0.351 e. The molecule has 9 nitrogen and oxygen atoms in total. The van der Waals surface area contributed by atoms with Gasteiger partial charge in [0.2, 0.25) is 0 Å². The lowest BCUT2D eigenvalue weighted by Crippen LogP contribution is -2.49. The average molecular weight is 446 g/mol. The molecule has 0 spiro atoms. The van der Waals surface area contributed by atoms with Crippen molar-refractivity contribution in [1.82, 2.24) is 34.3 Å². The number of nitrogens with one attached hydrogen (secondary N) is 1. The molecule has 1 aliphatic rings. The summed E-state index contributed by atoms with van der Waals surface area (Å²) in [6.07, 6.45) is 0. The average Bonchev–Trinajstić information content (AvgIpc) is 3.41. The van der Waals surface area contributed by atoms with Gasteiger partial charge >= 0.3 is 0 Å². The highest BCUT2D eigenvalue weighted by Gasteiger charge is 2.23. The van der Waals surface area contributed by atoms with Crippen LogP contribution in [0.25, 0.3) is 16.7 Å². The second-order valence-electron chi connectivity index (χ2n) is 8.50. The van der Waals surface area contributed by atoms with Crippen LogP contribution in [0.1, 0.15) is 21.9 Å². The molecule has 9 heteroatoms. The maximum absolute atomic E-state index is 12.9. The minimum Gasteiger partial charge on any atom is -0.351 e. The number of nitrogens with zero attached hydrogens (tertiary/aromatic N) is 6. The van der Waals surface area contributed by atoms with Crippen LogP contribution in [0.2, 0.25) is 0 Å². The molecule has 4 aromatic rings. The van der Waals surface area contributed by atoms with Crippen molar-refractivity contribution in [3.63, 3.8) is 0 Å². The van der Waals surface area contributed by atoms with Crippen LogP contribution in [0.4, 0.5) is 0 Å². The smallest absolute Gasteiger partial charge is 0.270 e. The zero-order chi connectivity index (χ0) is 22.9. The van der Waals surface area contributed by atoms with Gasteiger partial charge < -0.3 is 9.88 Å². The Balaban J connectivity index is 1.19. The third-order valence-corrected chi connectivity index (χ3v) is 6.13. The fourth-order valence-electron chi connectivity index (χ4n) is 4.34. The van der Waals surface area contributed by atoms with Gasteiger partial charge in [0, 0.05) is 55.4 Å². The summed E-state index contributed by atoms with van der Waals surface area (Å²) in [6, 6.07) is 15.0. The standard InChI is InChI=1S/C24H27N7O2/c1-17-15-18(2)31(26-17)22-7-8-23(32)30(27-22)14-11-28-9-12-29(13-10-28)24(33)21-16-19-5-3-4-6-20(19)25-21/h3-8,15-16,25H,9-14H2,1-2H3. The predicted molar refractivity (Wildman–Crippen MR) is 126 cm³/mol. The van der Waals surface area contributed by atoms with E-state index in [0.29, 0.717) is 37.7 Å². The Kier molecular flexibility index (Phi) is 5.55. The number of aryl methyl sites for hydroxylation is 2. The van der Waals surface area contributed by atoms with Crippen LogP contribution in [-0.4, -0.2) is 73.0 Å². The van der Waals surface area contributed by atoms with Gasteiger partial charge in [-0.2, -0.15) is 5.10 Å². The number of carbonyl (C=O) groups is 1. The molecule has 1 aromatic carbocycles. The Hall–Kier alpha value is -3.72. The SMILES string of the molecule is Cc1cc(C)n(-c2ccc(=O)n(CCN3CCN(C(=O)c4cc5ccccc5[nH]4)CC3)n2)n1. The molecule has 1 fully saturated rings. The van der Waals surface area contributed by atoms with Crippen LogP contribution in [0.5, 0.6) is 0 Å². The van der Waals surface area contributed by atoms with E-state index in [-0.39, 0.29) is 11.5 Å². The minimum atomic E-state index is -0.132. The first kappa shape index (κ1) is 21.1. The first-order valence-electron chi connectivity index (χ1n) is 11.2. The van der Waals surface area contributed by atoms with Gasteiger partial charge in [0.1, 0.15) is 5.69 Å². The number of H-pyrrole nitrogens is 1. The van der Waals surface area contributed by atoms with Gasteiger partial charge in [0.05, 0.1) is 12.2 Å². The van der Waals surface area contributed by atoms with E-state index in [1.54, 1.807) is 10.7 Å². The number of piperazine rings is 1. The predicted octanol–water partition coefficient (Wildman–Crippen LogP) is 1.99. The molecule has 33 heavy (non-hydrogen) atoms. The second-order valence-corrected chi connectivity index (χ2v) is 8.50. The summed E-state index contributed by atoms with van der Waals surface area (Å²) < 4.78 is 3.24. The Bertz CT molecular complexity index is 1330. The van der Waals surface area contributed by atoms with Gasteiger partial charge in [-0.05, 0) is 38.1 Å². The Labute approximate surface area is 191 Å². The number of para-hydroxylation sites is 1. The Morgan fingerprint density at radius 2 is 1.76 bits per heavy atom. The highest BCUT2D eigenvalue weighted by molar-refractivity contribution is 5.98. The van der Waals surface area contributed by atoms with E-state index in [1.165, 1.54) is 10.7 Å². The number of rotatable bonds is 5. The van der Waals surface area contributed by atoms with E-state index in [1.807, 2.05) is 55.1 Å². The highest BCUT2D eigenvalue weighted by atomic mass is 16.2. The molecule has 0 saturated carbocycles. The molecule has 1 amide bonds. The van der Waals surface area contributed by atoms with Crippen LogP contribution < -0.4 is 5.56 Å². The normalized spacial score (nSPS) is 14.8. The lowest BCUT2D eigenvalue weighted by atomic mass is 10.2. The van der Waals surface area contributed by atoms with Crippen LogP contribution in [0.15, 0.2) is 53.3 Å². The van der Waals surface area contributed by atoms with Crippen molar-refractivity contribution in [2.75, 3.05) is 32.7 Å². The molecule has 0 bridgehead atoms. The van der Waals surface area contributed by atoms with Gasteiger partial charge in [0.15, 0.2) is 5.82 Å². The molecule has 0 aliphatic carbocycles. The Morgan fingerprint density at radius 3 is 2.48 bits per heavy atom. The highest BCUT2D eigenvalue weighted by Crippen LogP contribution is 2.17. The van der Waals surface area contributed by atoms with Crippen LogP contribution in [-0.2, 0) is 6.54 Å². The van der Waals surface area contributed by atoms with E-state index in [9.17, 15) is 9.59 Å². The summed E-state index contributed by atoms with van der Waals surface area (Å²) in [7, 11) is 0. The molecule has 170 valence electrons. The zero-order valence-corrected chi connectivity index (χ0v) is 18.9. The number of hydrogen-bond acceptors (Lipinski definition) is 5. The summed E-state index contributed by atoms with van der Waals surface area (Å²) in [5.41, 5.74) is 3.35. The van der Waals surface area contributed by atoms with Crippen molar-refractivity contribution in [3.8, 4) is 5.82 Å². The third-order valence-electron chi connectivity index (χ3n) is 6.13. The van der Waals surface area contributed by atoms with E-state index in [0.717, 1.165) is 35.4 Å². The van der Waals surface area contributed by atoms with Crippen LogP contribution in [0.3, 0.4) is 0 Å². The van der Waals surface area contributed by atoms with Gasteiger partial charge in [0.25, 0.3) is 11.5 Å². The lowest BCUT2D eigenvalue weighted by Gasteiger charge is -2.34. The fraction of sp³-hybridized carbons (Fsp3) is 0.333. The summed E-state index contributed by atoms with van der Waals surface area (Å²) in [5.74, 6) is 0.662. The lowest BCUT2D eigenvalue weighted by molar-refractivity contribution is 0.0626. The quantitative estimate of drug-likeness (QED) is 0.507. The van der Waals surface area contributed by atoms with Crippen molar-refractivity contribution < 1.29 is 4.79 Å². The van der Waals surface area contributed by atoms with Gasteiger partial charge in [-0.1, -0.05) is 18.2 Å². The van der Waals surface area contributed by atoms with Crippen molar-refractivity contribution in [2.45, 2.75) is 20.4 Å². The molecule has 1 saturated heterocycles. The number of carbonyl (C=O) groups excluding carboxylic acids is 1. The van der Waals surface area contributed by atoms with Crippen molar-refractivity contribution in [3.05, 3.63) is 76.0 Å². The molecule has 0 unspecified atom stereocenters. The minimum absolute atomic E-state index is 0.0290. The first-order valence-corrected chi connectivity index (χ1v) is 11.2. The zero-order valence-electron chi connectivity index (χ0n) is 18.9. The van der Waals surface area contributed by atoms with E-state index in [4.69, 9.17) is 0 Å². The van der Waals surface area contributed by atoms with Crippen LogP contribution >= 0.6 is 0 Å². The first-order chi connectivity index (χ1) is 16.0. The monoisotopic (exact) mass is 445 g/mol. The van der Waals surface area contributed by atoms with E-state index in [2.05, 4.69) is 20.1 Å². The maximum Gasteiger partial charge on any atom is 0.270 e. The van der Waals surface area contributed by atoms with Crippen LogP contribution in [0, 0.1) is 13.8 Å². The summed E-state index contributed by atoms with van der Waals surface area (Å²) in [5, 5.41) is 10.0. The topological polar surface area (TPSA) is 92.1 Å². The van der Waals surface area contributed by atoms with Crippen molar-refractivity contribution in [2.24, 2.45) is 0 Å². The molecular weight excluding hydrogens is 418 g/mol.